The van der Waals surface area contributed by atoms with E-state index in [-0.39, 0.29) is 6.61 Å². The number of hydrogen-bond donors (Lipinski definition) is 2. The molecule has 0 spiro atoms. The maximum Gasteiger partial charge on any atom is 0.303 e. The van der Waals surface area contributed by atoms with Crippen LogP contribution in [0.15, 0.2) is 0 Å². The number of hydrogen-bond acceptors (Lipinski definition) is 9. The zero-order chi connectivity index (χ0) is 16.2. The molecule has 1 heterocycles. The summed E-state index contributed by atoms with van der Waals surface area (Å²) in [6.45, 7) is 3.04. The third kappa shape index (κ3) is 4.96. The van der Waals surface area contributed by atoms with Crippen molar-refractivity contribution in [3.05, 3.63) is 0 Å². The Labute approximate surface area is 120 Å². The fraction of sp³-hybridized carbons (Fsp3) is 0.750. The van der Waals surface area contributed by atoms with E-state index in [1.165, 1.54) is 6.92 Å². The molecule has 9 nitrogen and oxygen atoms in total. The number of aliphatic hydroxyl groups is 2. The number of ether oxygens (including phenoxy) is 4. The molecule has 0 saturated carbocycles. The predicted octanol–water partition coefficient (Wildman–Crippen LogP) is -1.51. The molecule has 0 aromatic heterocycles. The number of carbonyl (C=O) groups excluding carboxylic acids is 3. The van der Waals surface area contributed by atoms with E-state index in [2.05, 4.69) is 0 Å². The lowest BCUT2D eigenvalue weighted by molar-refractivity contribution is -0.293. The van der Waals surface area contributed by atoms with Crippen LogP contribution in [0.3, 0.4) is 0 Å². The lowest BCUT2D eigenvalue weighted by Gasteiger charge is -2.41. The summed E-state index contributed by atoms with van der Waals surface area (Å²) in [6.07, 6.45) is -6.92. The van der Waals surface area contributed by atoms with Crippen molar-refractivity contribution in [1.82, 2.24) is 0 Å². The van der Waals surface area contributed by atoms with E-state index in [0.29, 0.717) is 0 Å². The second-order valence-corrected chi connectivity index (χ2v) is 4.51. The van der Waals surface area contributed by atoms with Crippen LogP contribution in [0.1, 0.15) is 20.8 Å². The quantitative estimate of drug-likeness (QED) is 0.470. The number of rotatable bonds is 4. The van der Waals surface area contributed by atoms with Gasteiger partial charge in [-0.3, -0.25) is 14.4 Å². The highest BCUT2D eigenvalue weighted by atomic mass is 16.7. The Balaban J connectivity index is 2.94. The van der Waals surface area contributed by atoms with Crippen LogP contribution < -0.4 is 0 Å². The molecule has 1 fully saturated rings. The van der Waals surface area contributed by atoms with Gasteiger partial charge in [0.05, 0.1) is 0 Å². The zero-order valence-electron chi connectivity index (χ0n) is 11.8. The summed E-state index contributed by atoms with van der Waals surface area (Å²) in [5.74, 6) is -2.06. The molecule has 0 amide bonds. The van der Waals surface area contributed by atoms with E-state index >= 15 is 0 Å². The van der Waals surface area contributed by atoms with E-state index in [1.807, 2.05) is 0 Å². The van der Waals surface area contributed by atoms with Gasteiger partial charge in [-0.25, -0.2) is 0 Å². The van der Waals surface area contributed by atoms with Crippen molar-refractivity contribution in [1.29, 1.82) is 0 Å². The average Bonchev–Trinajstić information content (AvgIpc) is 2.35. The Bertz CT molecular complexity index is 408. The van der Waals surface area contributed by atoms with Crippen LogP contribution in [0.5, 0.6) is 0 Å². The fourth-order valence-corrected chi connectivity index (χ4v) is 1.90. The van der Waals surface area contributed by atoms with Crippen molar-refractivity contribution in [2.45, 2.75) is 51.5 Å². The van der Waals surface area contributed by atoms with Gasteiger partial charge in [0.2, 0.25) is 0 Å². The van der Waals surface area contributed by atoms with Crippen LogP contribution in [0, 0.1) is 0 Å². The van der Waals surface area contributed by atoms with Gasteiger partial charge in [-0.1, -0.05) is 0 Å². The highest BCUT2D eigenvalue weighted by Crippen LogP contribution is 2.25. The molecule has 2 unspecified atom stereocenters. The largest absolute Gasteiger partial charge is 0.463 e. The molecule has 21 heavy (non-hydrogen) atoms. The van der Waals surface area contributed by atoms with Crippen LogP contribution in [0.25, 0.3) is 0 Å². The van der Waals surface area contributed by atoms with Crippen molar-refractivity contribution < 1.29 is 43.5 Å². The van der Waals surface area contributed by atoms with Gasteiger partial charge in [0.15, 0.2) is 18.5 Å². The highest BCUT2D eigenvalue weighted by molar-refractivity contribution is 5.67. The van der Waals surface area contributed by atoms with Gasteiger partial charge >= 0.3 is 17.9 Å². The molecular weight excluding hydrogens is 288 g/mol. The third-order valence-corrected chi connectivity index (χ3v) is 2.69. The first-order valence-corrected chi connectivity index (χ1v) is 6.21. The summed E-state index contributed by atoms with van der Waals surface area (Å²) in [7, 11) is 0. The molecule has 1 saturated heterocycles. The number of carbonyl (C=O) groups is 3. The van der Waals surface area contributed by atoms with Crippen LogP contribution in [0.2, 0.25) is 0 Å². The molecule has 0 aliphatic carbocycles. The summed E-state index contributed by atoms with van der Waals surface area (Å²) < 4.78 is 19.6. The molecule has 1 aliphatic heterocycles. The Kier molecular flexibility index (Phi) is 6.06. The predicted molar refractivity (Wildman–Crippen MR) is 64.6 cm³/mol. The van der Waals surface area contributed by atoms with E-state index in [4.69, 9.17) is 18.9 Å². The normalized spacial score (nSPS) is 32.1. The van der Waals surface area contributed by atoms with Gasteiger partial charge in [-0.2, -0.15) is 0 Å². The summed E-state index contributed by atoms with van der Waals surface area (Å²) in [5.41, 5.74) is 0. The average molecular weight is 306 g/mol. The van der Waals surface area contributed by atoms with Gasteiger partial charge in [0.1, 0.15) is 18.8 Å². The van der Waals surface area contributed by atoms with Gasteiger partial charge in [0, 0.05) is 20.8 Å². The topological polar surface area (TPSA) is 129 Å². The maximum atomic E-state index is 11.1. The summed E-state index contributed by atoms with van der Waals surface area (Å²) in [6, 6.07) is 0. The lowest BCUT2D eigenvalue weighted by atomic mass is 9.98. The monoisotopic (exact) mass is 306 g/mol. The van der Waals surface area contributed by atoms with Crippen molar-refractivity contribution in [2.24, 2.45) is 0 Å². The van der Waals surface area contributed by atoms with E-state index < -0.39 is 48.6 Å². The van der Waals surface area contributed by atoms with Crippen molar-refractivity contribution >= 4 is 17.9 Å². The highest BCUT2D eigenvalue weighted by Gasteiger charge is 2.49. The van der Waals surface area contributed by atoms with Crippen LogP contribution in [0.4, 0.5) is 0 Å². The van der Waals surface area contributed by atoms with E-state index in [0.717, 1.165) is 13.8 Å². The Morgan fingerprint density at radius 3 is 1.95 bits per heavy atom. The maximum absolute atomic E-state index is 11.1. The molecule has 5 atom stereocenters. The number of esters is 3. The Hall–Kier alpha value is -1.71. The van der Waals surface area contributed by atoms with Gasteiger partial charge in [-0.15, -0.1) is 0 Å². The van der Waals surface area contributed by atoms with Gasteiger partial charge < -0.3 is 29.2 Å². The Morgan fingerprint density at radius 1 is 0.952 bits per heavy atom. The fourth-order valence-electron chi connectivity index (χ4n) is 1.90. The molecule has 0 aromatic carbocycles. The van der Waals surface area contributed by atoms with E-state index in [9.17, 15) is 24.6 Å². The lowest BCUT2D eigenvalue weighted by Crippen LogP contribution is -2.61. The first-order chi connectivity index (χ1) is 9.72. The van der Waals surface area contributed by atoms with Crippen molar-refractivity contribution in [3.8, 4) is 0 Å². The molecule has 0 radical (unpaired) electrons. The minimum atomic E-state index is -1.68. The van der Waals surface area contributed by atoms with Crippen molar-refractivity contribution in [3.63, 3.8) is 0 Å². The minimum absolute atomic E-state index is 0.338. The first kappa shape index (κ1) is 17.3. The SMILES string of the molecule is CC(=O)OCC1O[C@@H](O)C(O)[C@@H](OC(C)=O)[C@H]1OC(C)=O. The van der Waals surface area contributed by atoms with Crippen LogP contribution in [-0.4, -0.2) is 65.4 Å². The van der Waals surface area contributed by atoms with E-state index in [1.54, 1.807) is 0 Å². The third-order valence-electron chi connectivity index (χ3n) is 2.69. The smallest absolute Gasteiger partial charge is 0.303 e. The Morgan fingerprint density at radius 2 is 1.48 bits per heavy atom. The second kappa shape index (κ2) is 7.34. The molecule has 2 N–H and O–H groups in total. The molecule has 0 aromatic rings. The molecule has 1 rings (SSSR count). The molecule has 120 valence electrons. The van der Waals surface area contributed by atoms with Gasteiger partial charge in [-0.05, 0) is 0 Å². The van der Waals surface area contributed by atoms with Crippen LogP contribution >= 0.6 is 0 Å². The molecular formula is C12H18O9. The molecule has 1 aliphatic rings. The molecule has 0 bridgehead atoms. The second-order valence-electron chi connectivity index (χ2n) is 4.51. The summed E-state index contributed by atoms with van der Waals surface area (Å²) >= 11 is 0. The minimum Gasteiger partial charge on any atom is -0.463 e. The van der Waals surface area contributed by atoms with Crippen LogP contribution in [-0.2, 0) is 33.3 Å². The zero-order valence-corrected chi connectivity index (χ0v) is 11.8. The van der Waals surface area contributed by atoms with Crippen molar-refractivity contribution in [2.75, 3.05) is 6.61 Å². The number of aliphatic hydroxyl groups excluding tert-OH is 2. The van der Waals surface area contributed by atoms with Gasteiger partial charge in [0.25, 0.3) is 0 Å². The summed E-state index contributed by atoms with van der Waals surface area (Å²) in [5, 5.41) is 19.4. The first-order valence-electron chi connectivity index (χ1n) is 6.21. The summed E-state index contributed by atoms with van der Waals surface area (Å²) in [4.78, 5) is 33.1. The molecule has 9 heteroatoms. The standard InChI is InChI=1S/C12H18O9/c1-5(13)18-4-8-10(19-6(2)14)11(20-7(3)15)9(16)12(17)21-8/h8-12,16-17H,4H2,1-3H3/t8?,9?,10-,11+,12+/m0/s1.